The van der Waals surface area contributed by atoms with Crippen molar-refractivity contribution in [3.8, 4) is 0 Å². The first-order valence-electron chi connectivity index (χ1n) is 1.64. The number of hydrogen-bond acceptors (Lipinski definition) is 9. The van der Waals surface area contributed by atoms with Gasteiger partial charge in [-0.1, -0.05) is 0 Å². The summed E-state index contributed by atoms with van der Waals surface area (Å²) in [5.41, 5.74) is 0. The fourth-order valence-corrected chi connectivity index (χ4v) is 0. The van der Waals surface area contributed by atoms with Gasteiger partial charge in [0, 0.05) is 0 Å². The Morgan fingerprint density at radius 1 is 0.500 bits per heavy atom. The third-order valence-corrected chi connectivity index (χ3v) is 0. The van der Waals surface area contributed by atoms with Gasteiger partial charge in [0.2, 0.25) is 0 Å². The molecule has 0 aromatic carbocycles. The Labute approximate surface area is 119 Å². The normalized spacial score (nSPS) is 4.50. The molecule has 6 N–H and O–H groups in total. The SMILES string of the molecule is O.O.O.O=[N+]([O-])[O-].O=[N+]([O-])[O-].O=[N+]([O-])[O-].[Ce+3]. The Balaban J connectivity index is -0.0000000135. The van der Waals surface area contributed by atoms with Crippen molar-refractivity contribution in [1.29, 1.82) is 0 Å². The summed E-state index contributed by atoms with van der Waals surface area (Å²) in [6, 6.07) is 0. The molecule has 0 bridgehead atoms. The van der Waals surface area contributed by atoms with Crippen LogP contribution in [0.3, 0.4) is 0 Å². The third-order valence-electron chi connectivity index (χ3n) is 0. The molecule has 0 atom stereocenters. The molecule has 0 amide bonds. The van der Waals surface area contributed by atoms with Crippen LogP contribution in [0.25, 0.3) is 0 Å². The van der Waals surface area contributed by atoms with Gasteiger partial charge in [-0.15, -0.1) is 0 Å². The van der Waals surface area contributed by atoms with Crippen LogP contribution >= 0.6 is 0 Å². The van der Waals surface area contributed by atoms with Crippen LogP contribution in [0, 0.1) is 87.7 Å². The first kappa shape index (κ1) is 46.2. The van der Waals surface area contributed by atoms with Crippen molar-refractivity contribution in [1.82, 2.24) is 0 Å². The van der Waals surface area contributed by atoms with Gasteiger partial charge in [0.1, 0.15) is 0 Å². The van der Waals surface area contributed by atoms with E-state index in [2.05, 4.69) is 0 Å². The number of hydrogen-bond donors (Lipinski definition) is 0. The van der Waals surface area contributed by atoms with Gasteiger partial charge in [-0.25, -0.2) is 0 Å². The van der Waals surface area contributed by atoms with Gasteiger partial charge >= 0.3 is 41.7 Å². The molecule has 15 nitrogen and oxygen atoms in total. The van der Waals surface area contributed by atoms with Crippen LogP contribution in [-0.2, 0) is 0 Å². The Hall–Kier alpha value is -1.14. The van der Waals surface area contributed by atoms with E-state index in [1.54, 1.807) is 0 Å². The van der Waals surface area contributed by atoms with Gasteiger partial charge in [0.25, 0.3) is 0 Å². The standard InChI is InChI=1S/Ce.3NO3.3H2O/c;3*2-1(3)4;;;/h;;;;3*1H2/q+3;3*-1;;;. The minimum Gasteiger partial charge on any atom is -0.412 e. The van der Waals surface area contributed by atoms with Crippen molar-refractivity contribution >= 4 is 0 Å². The molecule has 16 heteroatoms. The quantitative estimate of drug-likeness (QED) is 0.301. The van der Waals surface area contributed by atoms with Crippen LogP contribution in [0.5, 0.6) is 0 Å². The molecule has 0 spiro atoms. The molecular formula is H6CeN3O12. The van der Waals surface area contributed by atoms with E-state index in [0.717, 1.165) is 0 Å². The summed E-state index contributed by atoms with van der Waals surface area (Å²) in [4.78, 5) is 24.8. The maximum absolute atomic E-state index is 8.25. The van der Waals surface area contributed by atoms with Gasteiger partial charge < -0.3 is 62.4 Å². The van der Waals surface area contributed by atoms with Crippen molar-refractivity contribution in [3.63, 3.8) is 0 Å². The van der Waals surface area contributed by atoms with Crippen LogP contribution < -0.4 is 0 Å². The summed E-state index contributed by atoms with van der Waals surface area (Å²) in [6.45, 7) is 0. The summed E-state index contributed by atoms with van der Waals surface area (Å²) in [5.74, 6) is 0. The number of nitrogens with zero attached hydrogens (tertiary/aromatic N) is 3. The second-order valence-electron chi connectivity index (χ2n) is 0.671. The minimum atomic E-state index is -1.75. The smallest absolute Gasteiger partial charge is 0.412 e. The van der Waals surface area contributed by atoms with E-state index in [1.807, 2.05) is 0 Å². The molecule has 0 rings (SSSR count). The van der Waals surface area contributed by atoms with E-state index in [9.17, 15) is 0 Å². The Kier molecular flexibility index (Phi) is 107. The van der Waals surface area contributed by atoms with Gasteiger partial charge in [-0.3, -0.25) is 0 Å². The molecule has 0 saturated heterocycles. The predicted octanol–water partition coefficient (Wildman–Crippen LogP) is -3.19. The van der Waals surface area contributed by atoms with Crippen molar-refractivity contribution in [2.24, 2.45) is 0 Å². The van der Waals surface area contributed by atoms with E-state index in [0.29, 0.717) is 0 Å². The van der Waals surface area contributed by atoms with Gasteiger partial charge in [0.05, 0.1) is 15.3 Å². The van der Waals surface area contributed by atoms with Crippen molar-refractivity contribution in [3.05, 3.63) is 46.0 Å². The molecular weight excluding hydrogens is 374 g/mol. The number of rotatable bonds is 0. The molecule has 0 unspecified atom stereocenters. The van der Waals surface area contributed by atoms with Crippen LogP contribution in [0.4, 0.5) is 0 Å². The fraction of sp³-hybridized carbons (Fsp3) is 0. The molecule has 97 valence electrons. The zero-order chi connectivity index (χ0) is 10.7. The third kappa shape index (κ3) is 1380. The zero-order valence-corrected chi connectivity index (χ0v) is 10.2. The van der Waals surface area contributed by atoms with Crippen LogP contribution in [0.2, 0.25) is 0 Å². The van der Waals surface area contributed by atoms with E-state index in [4.69, 9.17) is 46.0 Å². The molecule has 0 aromatic heterocycles. The first-order valence-corrected chi connectivity index (χ1v) is 1.64. The van der Waals surface area contributed by atoms with Crippen LogP contribution in [0.15, 0.2) is 0 Å². The van der Waals surface area contributed by atoms with Gasteiger partial charge in [0.15, 0.2) is 0 Å². The molecule has 0 saturated carbocycles. The molecule has 0 aliphatic rings. The molecule has 1 radical (unpaired) electrons. The zero-order valence-electron chi connectivity index (χ0n) is 7.02. The average molecular weight is 380 g/mol. The first-order chi connectivity index (χ1) is 5.20. The van der Waals surface area contributed by atoms with Crippen LogP contribution in [0.1, 0.15) is 0 Å². The average Bonchev–Trinajstić information content (AvgIpc) is 1.54. The largest absolute Gasteiger partial charge is 3.00 e. The van der Waals surface area contributed by atoms with Gasteiger partial charge in [-0.2, -0.15) is 0 Å². The molecule has 16 heavy (non-hydrogen) atoms. The van der Waals surface area contributed by atoms with Crippen LogP contribution in [-0.4, -0.2) is 31.7 Å². The molecule has 0 heterocycles. The summed E-state index contributed by atoms with van der Waals surface area (Å²) in [6.07, 6.45) is 0. The van der Waals surface area contributed by atoms with Crippen molar-refractivity contribution in [2.75, 3.05) is 0 Å². The second-order valence-corrected chi connectivity index (χ2v) is 0.671. The molecule has 0 aromatic rings. The maximum atomic E-state index is 8.25. The molecule has 0 aliphatic carbocycles. The topological polar surface area (TPSA) is 293 Å². The summed E-state index contributed by atoms with van der Waals surface area (Å²) in [7, 11) is 0. The van der Waals surface area contributed by atoms with E-state index in [1.165, 1.54) is 0 Å². The summed E-state index contributed by atoms with van der Waals surface area (Å²) < 4.78 is 0. The predicted molar refractivity (Wildman–Crippen MR) is 41.9 cm³/mol. The fourth-order valence-electron chi connectivity index (χ4n) is 0. The van der Waals surface area contributed by atoms with E-state index in [-0.39, 0.29) is 58.2 Å². The Morgan fingerprint density at radius 2 is 0.500 bits per heavy atom. The van der Waals surface area contributed by atoms with Gasteiger partial charge in [-0.05, 0) is 0 Å². The monoisotopic (exact) mass is 380 g/mol. The van der Waals surface area contributed by atoms with Crippen molar-refractivity contribution < 1.29 is 73.4 Å². The van der Waals surface area contributed by atoms with Crippen molar-refractivity contribution in [2.45, 2.75) is 0 Å². The molecule has 0 aliphatic heterocycles. The maximum Gasteiger partial charge on any atom is 3.00 e. The second kappa shape index (κ2) is 37.1. The van der Waals surface area contributed by atoms with E-state index >= 15 is 0 Å². The summed E-state index contributed by atoms with van der Waals surface area (Å²) in [5, 5.41) is 44.2. The molecule has 0 fully saturated rings. The minimum absolute atomic E-state index is 0. The Bertz CT molecular complexity index is 114. The Morgan fingerprint density at radius 3 is 0.500 bits per heavy atom. The summed E-state index contributed by atoms with van der Waals surface area (Å²) >= 11 is 0. The van der Waals surface area contributed by atoms with E-state index < -0.39 is 15.3 Å².